The van der Waals surface area contributed by atoms with Crippen LogP contribution in [0.15, 0.2) is 65.5 Å². The van der Waals surface area contributed by atoms with Crippen molar-refractivity contribution < 1.29 is 13.9 Å². The van der Waals surface area contributed by atoms with E-state index in [1.165, 1.54) is 5.56 Å². The predicted molar refractivity (Wildman–Crippen MR) is 127 cm³/mol. The van der Waals surface area contributed by atoms with Crippen LogP contribution < -0.4 is 11.1 Å². The summed E-state index contributed by atoms with van der Waals surface area (Å²) in [6, 6.07) is 16.3. The van der Waals surface area contributed by atoms with E-state index in [4.69, 9.17) is 14.9 Å². The average molecular weight is 435 g/mol. The Morgan fingerprint density at radius 3 is 2.59 bits per heavy atom. The van der Waals surface area contributed by atoms with Gasteiger partial charge in [-0.1, -0.05) is 18.2 Å². The van der Waals surface area contributed by atoms with E-state index in [1.54, 1.807) is 12.5 Å². The van der Waals surface area contributed by atoms with E-state index < -0.39 is 0 Å². The number of hydrogen-bond donors (Lipinski definition) is 2. The zero-order valence-electron chi connectivity index (χ0n) is 18.4. The van der Waals surface area contributed by atoms with Gasteiger partial charge in [-0.05, 0) is 48.4 Å². The standard InChI is InChI=1S/C25H30N4O3/c1-2-32-25(30)17-29-11-9-28(10-12-29)16-19-4-3-5-22(14-19)27-24-7-6-20(15-23(24)26)21-8-13-31-18-21/h3-8,13-15,18,27H,2,9-12,16-17,26H2,1H3. The van der Waals surface area contributed by atoms with Gasteiger partial charge in [-0.25, -0.2) is 0 Å². The summed E-state index contributed by atoms with van der Waals surface area (Å²) in [7, 11) is 0. The molecule has 1 aliphatic rings. The lowest BCUT2D eigenvalue weighted by Gasteiger charge is -2.34. The molecule has 3 N–H and O–H groups in total. The Kier molecular flexibility index (Phi) is 7.09. The van der Waals surface area contributed by atoms with Crippen molar-refractivity contribution >= 4 is 23.0 Å². The van der Waals surface area contributed by atoms with Gasteiger partial charge in [0.2, 0.25) is 0 Å². The number of nitrogen functional groups attached to an aromatic ring is 1. The number of furan rings is 1. The number of ether oxygens (including phenoxy) is 1. The van der Waals surface area contributed by atoms with Gasteiger partial charge in [0, 0.05) is 44.0 Å². The summed E-state index contributed by atoms with van der Waals surface area (Å²) in [5.74, 6) is -0.142. The first-order valence-corrected chi connectivity index (χ1v) is 11.0. The Morgan fingerprint density at radius 1 is 1.06 bits per heavy atom. The van der Waals surface area contributed by atoms with E-state index in [2.05, 4.69) is 33.3 Å². The Morgan fingerprint density at radius 2 is 1.88 bits per heavy atom. The lowest BCUT2D eigenvalue weighted by Crippen LogP contribution is -2.47. The number of nitrogens with one attached hydrogen (secondary N) is 1. The minimum absolute atomic E-state index is 0.142. The summed E-state index contributed by atoms with van der Waals surface area (Å²) >= 11 is 0. The summed E-state index contributed by atoms with van der Waals surface area (Å²) < 4.78 is 10.2. The van der Waals surface area contributed by atoms with Crippen molar-refractivity contribution in [2.24, 2.45) is 0 Å². The van der Waals surface area contributed by atoms with E-state index in [0.717, 1.165) is 55.2 Å². The highest BCUT2D eigenvalue weighted by atomic mass is 16.5. The maximum Gasteiger partial charge on any atom is 0.320 e. The van der Waals surface area contributed by atoms with Gasteiger partial charge in [-0.2, -0.15) is 0 Å². The minimum Gasteiger partial charge on any atom is -0.472 e. The van der Waals surface area contributed by atoms with E-state index in [9.17, 15) is 4.79 Å². The second-order valence-corrected chi connectivity index (χ2v) is 8.00. The zero-order valence-corrected chi connectivity index (χ0v) is 18.4. The van der Waals surface area contributed by atoms with Crippen molar-refractivity contribution in [1.29, 1.82) is 0 Å². The summed E-state index contributed by atoms with van der Waals surface area (Å²) in [6.07, 6.45) is 3.37. The maximum absolute atomic E-state index is 11.7. The SMILES string of the molecule is CCOC(=O)CN1CCN(Cc2cccc(Nc3ccc(-c4ccoc4)cc3N)c2)CC1. The molecule has 0 amide bonds. The number of hydrogen-bond acceptors (Lipinski definition) is 7. The molecule has 7 heteroatoms. The number of nitrogens with zero attached hydrogens (tertiary/aromatic N) is 2. The molecule has 1 fully saturated rings. The number of carbonyl (C=O) groups excluding carboxylic acids is 1. The molecule has 32 heavy (non-hydrogen) atoms. The molecule has 0 unspecified atom stereocenters. The summed E-state index contributed by atoms with van der Waals surface area (Å²) in [5.41, 5.74) is 12.1. The molecular weight excluding hydrogens is 404 g/mol. The van der Waals surface area contributed by atoms with Crippen LogP contribution in [0.25, 0.3) is 11.1 Å². The number of anilines is 3. The number of benzene rings is 2. The topological polar surface area (TPSA) is 84.0 Å². The first kappa shape index (κ1) is 21.9. The first-order chi connectivity index (χ1) is 15.6. The molecule has 0 saturated carbocycles. The normalized spacial score (nSPS) is 14.9. The molecule has 2 heterocycles. The number of piperazine rings is 1. The van der Waals surface area contributed by atoms with Gasteiger partial charge < -0.3 is 20.2 Å². The fourth-order valence-electron chi connectivity index (χ4n) is 3.94. The molecule has 0 bridgehead atoms. The van der Waals surface area contributed by atoms with Crippen LogP contribution >= 0.6 is 0 Å². The van der Waals surface area contributed by atoms with Gasteiger partial charge in [0.1, 0.15) is 0 Å². The van der Waals surface area contributed by atoms with Crippen molar-refractivity contribution in [3.05, 3.63) is 66.6 Å². The molecule has 0 atom stereocenters. The van der Waals surface area contributed by atoms with Gasteiger partial charge in [-0.15, -0.1) is 0 Å². The largest absolute Gasteiger partial charge is 0.472 e. The summed E-state index contributed by atoms with van der Waals surface area (Å²) in [4.78, 5) is 16.2. The lowest BCUT2D eigenvalue weighted by molar-refractivity contribution is -0.144. The molecule has 1 aromatic heterocycles. The van der Waals surface area contributed by atoms with Crippen molar-refractivity contribution in [3.8, 4) is 11.1 Å². The predicted octanol–water partition coefficient (Wildman–Crippen LogP) is 3.95. The molecule has 0 radical (unpaired) electrons. The van der Waals surface area contributed by atoms with Gasteiger partial charge >= 0.3 is 5.97 Å². The van der Waals surface area contributed by atoms with Gasteiger partial charge in [-0.3, -0.25) is 14.6 Å². The van der Waals surface area contributed by atoms with Crippen LogP contribution in [0, 0.1) is 0 Å². The van der Waals surface area contributed by atoms with E-state index in [1.807, 2.05) is 37.3 Å². The zero-order chi connectivity index (χ0) is 22.3. The van der Waals surface area contributed by atoms with Gasteiger partial charge in [0.25, 0.3) is 0 Å². The van der Waals surface area contributed by atoms with Crippen LogP contribution in [0.3, 0.4) is 0 Å². The number of rotatable bonds is 8. The fourth-order valence-corrected chi connectivity index (χ4v) is 3.94. The maximum atomic E-state index is 11.7. The molecule has 3 aromatic rings. The van der Waals surface area contributed by atoms with Crippen LogP contribution in [-0.4, -0.2) is 55.1 Å². The Hall–Kier alpha value is -3.29. The second kappa shape index (κ2) is 10.3. The molecule has 1 saturated heterocycles. The van der Waals surface area contributed by atoms with Crippen LogP contribution in [0.4, 0.5) is 17.1 Å². The lowest BCUT2D eigenvalue weighted by atomic mass is 10.1. The molecule has 0 aliphatic carbocycles. The number of carbonyl (C=O) groups is 1. The first-order valence-electron chi connectivity index (χ1n) is 11.0. The molecule has 1 aliphatic heterocycles. The fraction of sp³-hybridized carbons (Fsp3) is 0.320. The number of nitrogens with two attached hydrogens (primary N) is 1. The average Bonchev–Trinajstić information content (AvgIpc) is 3.32. The third-order valence-electron chi connectivity index (χ3n) is 5.64. The quantitative estimate of drug-likeness (QED) is 0.410. The monoisotopic (exact) mass is 434 g/mol. The van der Waals surface area contributed by atoms with E-state index in [-0.39, 0.29) is 5.97 Å². The van der Waals surface area contributed by atoms with Gasteiger partial charge in [0.05, 0.1) is 37.1 Å². The third kappa shape index (κ3) is 5.69. The Labute approximate surface area is 188 Å². The van der Waals surface area contributed by atoms with Gasteiger partial charge in [0.15, 0.2) is 0 Å². The van der Waals surface area contributed by atoms with Crippen LogP contribution in [0.5, 0.6) is 0 Å². The highest BCUT2D eigenvalue weighted by Gasteiger charge is 2.19. The van der Waals surface area contributed by atoms with Crippen molar-refractivity contribution in [2.45, 2.75) is 13.5 Å². The summed E-state index contributed by atoms with van der Waals surface area (Å²) in [5, 5.41) is 3.44. The Bertz CT molecular complexity index is 1030. The second-order valence-electron chi connectivity index (χ2n) is 8.00. The van der Waals surface area contributed by atoms with Crippen LogP contribution in [0.1, 0.15) is 12.5 Å². The highest BCUT2D eigenvalue weighted by molar-refractivity contribution is 5.78. The minimum atomic E-state index is -0.142. The van der Waals surface area contributed by atoms with E-state index >= 15 is 0 Å². The highest BCUT2D eigenvalue weighted by Crippen LogP contribution is 2.29. The van der Waals surface area contributed by atoms with Crippen molar-refractivity contribution in [3.63, 3.8) is 0 Å². The third-order valence-corrected chi connectivity index (χ3v) is 5.64. The molecule has 7 nitrogen and oxygen atoms in total. The molecule has 168 valence electrons. The van der Waals surface area contributed by atoms with Crippen molar-refractivity contribution in [2.75, 3.05) is 50.4 Å². The summed E-state index contributed by atoms with van der Waals surface area (Å²) in [6.45, 7) is 7.12. The van der Waals surface area contributed by atoms with Crippen LogP contribution in [0.2, 0.25) is 0 Å². The number of esters is 1. The molecule has 4 rings (SSSR count). The van der Waals surface area contributed by atoms with E-state index in [0.29, 0.717) is 18.8 Å². The smallest absolute Gasteiger partial charge is 0.320 e. The van der Waals surface area contributed by atoms with Crippen LogP contribution in [-0.2, 0) is 16.1 Å². The van der Waals surface area contributed by atoms with Crippen molar-refractivity contribution in [1.82, 2.24) is 9.80 Å². The molecule has 2 aromatic carbocycles. The molecular formula is C25H30N4O3. The molecule has 0 spiro atoms. The Balaban J connectivity index is 1.33.